The molecule has 0 radical (unpaired) electrons. The van der Waals surface area contributed by atoms with E-state index in [2.05, 4.69) is 22.6 Å². The van der Waals surface area contributed by atoms with Crippen LogP contribution < -0.4 is 0 Å². The van der Waals surface area contributed by atoms with Gasteiger partial charge in [0.05, 0.1) is 6.21 Å². The molecule has 15 heavy (non-hydrogen) atoms. The van der Waals surface area contributed by atoms with Gasteiger partial charge in [0.25, 0.3) is 0 Å². The molecule has 0 amide bonds. The fourth-order valence-electron chi connectivity index (χ4n) is 1.83. The first-order chi connectivity index (χ1) is 7.27. The summed E-state index contributed by atoms with van der Waals surface area (Å²) in [5, 5.41) is 8.31. The van der Waals surface area contributed by atoms with E-state index in [1.807, 2.05) is 36.7 Å². The zero-order valence-corrected chi connectivity index (χ0v) is 10.0. The minimum atomic E-state index is 1.17. The van der Waals surface area contributed by atoms with Crippen molar-refractivity contribution in [1.82, 2.24) is 5.01 Å². The fraction of sp³-hybridized carbons (Fsp3) is 0.417. The second-order valence-electron chi connectivity index (χ2n) is 3.93. The lowest BCUT2D eigenvalue weighted by molar-refractivity contribution is 0.440. The Balaban J connectivity index is 2.24. The summed E-state index contributed by atoms with van der Waals surface area (Å²) in [6.45, 7) is 0. The van der Waals surface area contributed by atoms with Gasteiger partial charge in [-0.25, -0.2) is 0 Å². The summed E-state index contributed by atoms with van der Waals surface area (Å²) in [6, 6.07) is 4.32. The molecule has 0 bridgehead atoms. The summed E-state index contributed by atoms with van der Waals surface area (Å²) in [5.41, 5.74) is 2.90. The first-order valence-corrected chi connectivity index (χ1v) is 6.12. The van der Waals surface area contributed by atoms with Crippen LogP contribution in [0.15, 0.2) is 28.2 Å². The first kappa shape index (κ1) is 10.4. The highest BCUT2D eigenvalue weighted by atomic mass is 32.1. The van der Waals surface area contributed by atoms with Crippen LogP contribution in [-0.2, 0) is 0 Å². The van der Waals surface area contributed by atoms with Gasteiger partial charge in [-0.05, 0) is 41.9 Å². The van der Waals surface area contributed by atoms with Crippen molar-refractivity contribution in [3.05, 3.63) is 28.0 Å². The Kier molecular flexibility index (Phi) is 3.21. The number of allylic oxidation sites excluding steroid dienone is 2. The van der Waals surface area contributed by atoms with E-state index >= 15 is 0 Å². The van der Waals surface area contributed by atoms with E-state index in [1.54, 1.807) is 0 Å². The molecule has 1 aromatic rings. The largest absolute Gasteiger partial charge is 0.303 e. The van der Waals surface area contributed by atoms with Crippen LogP contribution in [0.1, 0.15) is 24.1 Å². The van der Waals surface area contributed by atoms with E-state index in [-0.39, 0.29) is 0 Å². The molecule has 3 heteroatoms. The Labute approximate surface area is 94.9 Å². The predicted octanol–water partition coefficient (Wildman–Crippen LogP) is 3.23. The van der Waals surface area contributed by atoms with Crippen molar-refractivity contribution >= 4 is 23.1 Å². The van der Waals surface area contributed by atoms with E-state index in [1.165, 1.54) is 35.3 Å². The number of hydrazone groups is 1. The van der Waals surface area contributed by atoms with Crippen LogP contribution in [0.2, 0.25) is 0 Å². The Morgan fingerprint density at radius 1 is 1.40 bits per heavy atom. The standard InChI is InChI=1S/C12H16N2S/c1-14(2)13-9-10-5-3-6-11(10)12-7-4-8-15-12/h4,7-9H,3,5-6H2,1-2H3/b13-9+. The number of hydrogen-bond acceptors (Lipinski definition) is 3. The smallest absolute Gasteiger partial charge is 0.0505 e. The van der Waals surface area contributed by atoms with Gasteiger partial charge in [0, 0.05) is 19.0 Å². The van der Waals surface area contributed by atoms with Crippen LogP contribution in [0.5, 0.6) is 0 Å². The van der Waals surface area contributed by atoms with Gasteiger partial charge >= 0.3 is 0 Å². The summed E-state index contributed by atoms with van der Waals surface area (Å²) >= 11 is 1.83. The minimum absolute atomic E-state index is 1.17. The maximum Gasteiger partial charge on any atom is 0.0505 e. The van der Waals surface area contributed by atoms with Crippen molar-refractivity contribution in [1.29, 1.82) is 0 Å². The van der Waals surface area contributed by atoms with E-state index in [4.69, 9.17) is 0 Å². The van der Waals surface area contributed by atoms with E-state index in [0.29, 0.717) is 0 Å². The molecule has 0 spiro atoms. The maximum atomic E-state index is 4.32. The van der Waals surface area contributed by atoms with E-state index < -0.39 is 0 Å². The van der Waals surface area contributed by atoms with Crippen LogP contribution in [0, 0.1) is 0 Å². The second kappa shape index (κ2) is 4.62. The molecule has 0 saturated heterocycles. The molecule has 2 rings (SSSR count). The first-order valence-electron chi connectivity index (χ1n) is 5.24. The van der Waals surface area contributed by atoms with Crippen LogP contribution in [0.3, 0.4) is 0 Å². The van der Waals surface area contributed by atoms with Gasteiger partial charge in [-0.2, -0.15) is 5.10 Å². The zero-order chi connectivity index (χ0) is 10.7. The third kappa shape index (κ3) is 2.48. The predicted molar refractivity (Wildman–Crippen MR) is 67.3 cm³/mol. The number of thiophene rings is 1. The average molecular weight is 220 g/mol. The molecular formula is C12H16N2S. The molecule has 1 aliphatic rings. The third-order valence-electron chi connectivity index (χ3n) is 2.52. The molecule has 1 aromatic heterocycles. The maximum absolute atomic E-state index is 4.32. The molecule has 0 saturated carbocycles. The van der Waals surface area contributed by atoms with Crippen LogP contribution in [0.25, 0.3) is 5.57 Å². The quantitative estimate of drug-likeness (QED) is 0.564. The lowest BCUT2D eigenvalue weighted by Crippen LogP contribution is -2.02. The van der Waals surface area contributed by atoms with Crippen LogP contribution >= 0.6 is 11.3 Å². The monoisotopic (exact) mass is 220 g/mol. The van der Waals surface area contributed by atoms with E-state index in [0.717, 1.165) is 0 Å². The molecule has 0 unspecified atom stereocenters. The molecule has 1 heterocycles. The lowest BCUT2D eigenvalue weighted by atomic mass is 10.1. The highest BCUT2D eigenvalue weighted by Crippen LogP contribution is 2.35. The average Bonchev–Trinajstić information content (AvgIpc) is 2.85. The van der Waals surface area contributed by atoms with E-state index in [9.17, 15) is 0 Å². The lowest BCUT2D eigenvalue weighted by Gasteiger charge is -2.04. The zero-order valence-electron chi connectivity index (χ0n) is 9.23. The molecule has 1 aliphatic carbocycles. The summed E-state index contributed by atoms with van der Waals surface area (Å²) in [5.74, 6) is 0. The molecule has 0 aromatic carbocycles. The van der Waals surface area contributed by atoms with Crippen LogP contribution in [-0.4, -0.2) is 25.3 Å². The normalized spacial score (nSPS) is 16.7. The SMILES string of the molecule is CN(C)/N=C/C1=C(c2cccs2)CCC1. The Morgan fingerprint density at radius 3 is 2.93 bits per heavy atom. The molecule has 80 valence electrons. The van der Waals surface area contributed by atoms with Crippen molar-refractivity contribution in [3.63, 3.8) is 0 Å². The molecule has 2 nitrogen and oxygen atoms in total. The van der Waals surface area contributed by atoms with Gasteiger partial charge < -0.3 is 5.01 Å². The van der Waals surface area contributed by atoms with Gasteiger partial charge in [0.2, 0.25) is 0 Å². The Hall–Kier alpha value is -1.09. The molecule has 0 atom stereocenters. The number of nitrogens with zero attached hydrogens (tertiary/aromatic N) is 2. The van der Waals surface area contributed by atoms with Gasteiger partial charge in [-0.1, -0.05) is 6.07 Å². The van der Waals surface area contributed by atoms with Crippen molar-refractivity contribution in [3.8, 4) is 0 Å². The molecule has 0 fully saturated rings. The van der Waals surface area contributed by atoms with Crippen molar-refractivity contribution in [2.45, 2.75) is 19.3 Å². The Morgan fingerprint density at radius 2 is 2.27 bits per heavy atom. The topological polar surface area (TPSA) is 15.6 Å². The molecule has 0 aliphatic heterocycles. The van der Waals surface area contributed by atoms with Gasteiger partial charge in [0.1, 0.15) is 0 Å². The molecule has 0 N–H and O–H groups in total. The Bertz CT molecular complexity index is 374. The minimum Gasteiger partial charge on any atom is -0.303 e. The van der Waals surface area contributed by atoms with Gasteiger partial charge in [-0.15, -0.1) is 11.3 Å². The van der Waals surface area contributed by atoms with Crippen molar-refractivity contribution in [2.75, 3.05) is 14.1 Å². The second-order valence-corrected chi connectivity index (χ2v) is 4.87. The summed E-state index contributed by atoms with van der Waals surface area (Å²) in [4.78, 5) is 1.41. The van der Waals surface area contributed by atoms with Crippen LogP contribution in [0.4, 0.5) is 0 Å². The van der Waals surface area contributed by atoms with Crippen molar-refractivity contribution in [2.24, 2.45) is 5.10 Å². The summed E-state index contributed by atoms with van der Waals surface area (Å²) in [7, 11) is 3.91. The fourth-order valence-corrected chi connectivity index (χ4v) is 2.66. The van der Waals surface area contributed by atoms with Gasteiger partial charge in [0.15, 0.2) is 0 Å². The summed E-state index contributed by atoms with van der Waals surface area (Å²) < 4.78 is 0. The highest BCUT2D eigenvalue weighted by molar-refractivity contribution is 7.11. The highest BCUT2D eigenvalue weighted by Gasteiger charge is 2.15. The number of hydrogen-bond donors (Lipinski definition) is 0. The van der Waals surface area contributed by atoms with Crippen molar-refractivity contribution < 1.29 is 0 Å². The number of rotatable bonds is 3. The third-order valence-corrected chi connectivity index (χ3v) is 3.45. The molecular weight excluding hydrogens is 204 g/mol. The van der Waals surface area contributed by atoms with Gasteiger partial charge in [-0.3, -0.25) is 0 Å². The summed E-state index contributed by atoms with van der Waals surface area (Å²) in [6.07, 6.45) is 5.66.